The molecule has 0 bridgehead atoms. The first-order valence-electron chi connectivity index (χ1n) is 9.75. The highest BCUT2D eigenvalue weighted by Gasteiger charge is 2.44. The lowest BCUT2D eigenvalue weighted by atomic mass is 10.0. The first kappa shape index (κ1) is 23.7. The Morgan fingerprint density at radius 2 is 1.63 bits per heavy atom. The summed E-state index contributed by atoms with van der Waals surface area (Å²) in [4.78, 5) is 58.6. The van der Waals surface area contributed by atoms with Crippen LogP contribution in [-0.2, 0) is 47.7 Å². The summed E-state index contributed by atoms with van der Waals surface area (Å²) in [6.45, 7) is 3.85. The van der Waals surface area contributed by atoms with Gasteiger partial charge in [0.2, 0.25) is 11.8 Å². The molecule has 168 valence electrons. The molecule has 4 atom stereocenters. The largest absolute Gasteiger partial charge is 0.463 e. The van der Waals surface area contributed by atoms with Gasteiger partial charge in [0.25, 0.3) is 0 Å². The molecule has 2 heterocycles. The van der Waals surface area contributed by atoms with Gasteiger partial charge in [-0.1, -0.05) is 0 Å². The van der Waals surface area contributed by atoms with Crippen LogP contribution in [0.4, 0.5) is 0 Å². The van der Waals surface area contributed by atoms with Gasteiger partial charge in [0.15, 0.2) is 12.4 Å². The monoisotopic (exact) mass is 429 g/mol. The van der Waals surface area contributed by atoms with E-state index in [2.05, 4.69) is 0 Å². The highest BCUT2D eigenvalue weighted by atomic mass is 16.7. The van der Waals surface area contributed by atoms with E-state index in [9.17, 15) is 24.0 Å². The molecule has 0 aromatic rings. The van der Waals surface area contributed by atoms with Crippen molar-refractivity contribution in [2.45, 2.75) is 71.1 Å². The Kier molecular flexibility index (Phi) is 8.72. The average Bonchev–Trinajstić information content (AvgIpc) is 2.96. The summed E-state index contributed by atoms with van der Waals surface area (Å²) >= 11 is 0. The lowest BCUT2D eigenvalue weighted by Crippen LogP contribution is -2.54. The maximum absolute atomic E-state index is 11.6. The van der Waals surface area contributed by atoms with E-state index < -0.39 is 42.5 Å². The van der Waals surface area contributed by atoms with Gasteiger partial charge >= 0.3 is 17.9 Å². The molecule has 11 nitrogen and oxygen atoms in total. The molecule has 30 heavy (non-hydrogen) atoms. The molecule has 0 aromatic carbocycles. The minimum Gasteiger partial charge on any atom is -0.463 e. The lowest BCUT2D eigenvalue weighted by Gasteiger charge is -2.39. The van der Waals surface area contributed by atoms with Gasteiger partial charge in [0.1, 0.15) is 18.8 Å². The molecule has 2 aliphatic rings. The summed E-state index contributed by atoms with van der Waals surface area (Å²) in [5.74, 6) is -2.13. The second-order valence-electron chi connectivity index (χ2n) is 7.03. The zero-order valence-corrected chi connectivity index (χ0v) is 17.3. The fourth-order valence-corrected chi connectivity index (χ4v) is 3.31. The molecule has 0 aliphatic carbocycles. The molecule has 0 saturated carbocycles. The van der Waals surface area contributed by atoms with Gasteiger partial charge in [0.05, 0.1) is 6.61 Å². The Hall–Kier alpha value is -2.53. The van der Waals surface area contributed by atoms with Gasteiger partial charge in [-0.15, -0.1) is 0 Å². The van der Waals surface area contributed by atoms with E-state index in [0.29, 0.717) is 6.42 Å². The molecule has 11 heteroatoms. The Morgan fingerprint density at radius 1 is 1.00 bits per heavy atom. The number of carbonyl (C=O) groups is 5. The highest BCUT2D eigenvalue weighted by Crippen LogP contribution is 2.27. The Bertz CT molecular complexity index is 662. The summed E-state index contributed by atoms with van der Waals surface area (Å²) in [6, 6.07) is 0. The Balaban J connectivity index is 1.96. The number of imide groups is 1. The van der Waals surface area contributed by atoms with Crippen molar-refractivity contribution in [3.63, 3.8) is 0 Å². The van der Waals surface area contributed by atoms with Gasteiger partial charge in [-0.05, 0) is 6.42 Å². The lowest BCUT2D eigenvalue weighted by molar-refractivity contribution is -0.266. The van der Waals surface area contributed by atoms with Crippen molar-refractivity contribution in [1.29, 1.82) is 0 Å². The number of nitrogens with zero attached hydrogens (tertiary/aromatic N) is 1. The number of ether oxygens (including phenoxy) is 5. The van der Waals surface area contributed by atoms with Crippen molar-refractivity contribution in [2.24, 2.45) is 0 Å². The van der Waals surface area contributed by atoms with Gasteiger partial charge < -0.3 is 23.7 Å². The van der Waals surface area contributed by atoms with Gasteiger partial charge in [-0.3, -0.25) is 28.9 Å². The highest BCUT2D eigenvalue weighted by molar-refractivity contribution is 6.01. The minimum absolute atomic E-state index is 0.0929. The molecule has 2 saturated heterocycles. The first-order valence-corrected chi connectivity index (χ1v) is 9.75. The minimum atomic E-state index is -0.967. The third-order valence-corrected chi connectivity index (χ3v) is 4.54. The first-order chi connectivity index (χ1) is 14.2. The fourth-order valence-electron chi connectivity index (χ4n) is 3.31. The van der Waals surface area contributed by atoms with Gasteiger partial charge in [0, 0.05) is 46.6 Å². The number of hydrogen-bond donors (Lipinski definition) is 0. The zero-order chi connectivity index (χ0) is 22.3. The molecule has 2 aliphatic heterocycles. The molecule has 0 N–H and O–H groups in total. The number of amides is 2. The summed E-state index contributed by atoms with van der Waals surface area (Å²) < 4.78 is 26.9. The number of likely N-dealkylation sites (tertiary alicyclic amines) is 1. The number of carbonyl (C=O) groups excluding carboxylic acids is 5. The predicted octanol–water partition coefficient (Wildman–Crippen LogP) is 0.0836. The standard InChI is InChI=1S/C19H27NO10/c1-11(21)27-10-15-19(29-13(3)23)14(28-12(2)22)9-18(30-15)26-8-4-7-20-16(24)5-6-17(20)25/h14-15,18-19H,4-10H2,1-3H3/t14-,15-,18?,19+/m1/s1. The van der Waals surface area contributed by atoms with Crippen LogP contribution in [0.5, 0.6) is 0 Å². The van der Waals surface area contributed by atoms with Crippen LogP contribution in [0.3, 0.4) is 0 Å². The van der Waals surface area contributed by atoms with E-state index in [0.717, 1.165) is 0 Å². The van der Waals surface area contributed by atoms with Crippen molar-refractivity contribution in [2.75, 3.05) is 19.8 Å². The summed E-state index contributed by atoms with van der Waals surface area (Å²) in [6.07, 6.45) is -2.60. The van der Waals surface area contributed by atoms with Crippen molar-refractivity contribution in [1.82, 2.24) is 4.90 Å². The summed E-state index contributed by atoms with van der Waals surface area (Å²) in [7, 11) is 0. The maximum Gasteiger partial charge on any atom is 0.303 e. The van der Waals surface area contributed by atoms with Crippen molar-refractivity contribution >= 4 is 29.7 Å². The SMILES string of the molecule is CC(=O)OC[C@H]1OC(OCCCN2C(=O)CCC2=O)C[C@@H](OC(C)=O)[C@@H]1OC(C)=O. The molecule has 0 radical (unpaired) electrons. The fraction of sp³-hybridized carbons (Fsp3) is 0.737. The third-order valence-electron chi connectivity index (χ3n) is 4.54. The maximum atomic E-state index is 11.6. The second-order valence-corrected chi connectivity index (χ2v) is 7.03. The van der Waals surface area contributed by atoms with E-state index in [1.165, 1.54) is 25.7 Å². The molecule has 2 amide bonds. The molecule has 0 spiro atoms. The van der Waals surface area contributed by atoms with Crippen LogP contribution in [0.2, 0.25) is 0 Å². The summed E-state index contributed by atoms with van der Waals surface area (Å²) in [5, 5.41) is 0. The Labute approximate surface area is 173 Å². The van der Waals surface area contributed by atoms with E-state index in [4.69, 9.17) is 23.7 Å². The van der Waals surface area contributed by atoms with Crippen LogP contribution >= 0.6 is 0 Å². The van der Waals surface area contributed by atoms with Crippen molar-refractivity contribution in [3.05, 3.63) is 0 Å². The molecule has 2 fully saturated rings. The number of hydrogen-bond acceptors (Lipinski definition) is 10. The third kappa shape index (κ3) is 7.06. The number of rotatable bonds is 9. The molecule has 2 rings (SSSR count). The molecular weight excluding hydrogens is 402 g/mol. The second kappa shape index (κ2) is 11.0. The topological polar surface area (TPSA) is 135 Å². The van der Waals surface area contributed by atoms with Crippen LogP contribution in [0.1, 0.15) is 46.5 Å². The Morgan fingerprint density at radius 3 is 2.20 bits per heavy atom. The van der Waals surface area contributed by atoms with Gasteiger partial charge in [-0.2, -0.15) is 0 Å². The zero-order valence-electron chi connectivity index (χ0n) is 17.3. The van der Waals surface area contributed by atoms with Crippen LogP contribution in [-0.4, -0.2) is 79.0 Å². The van der Waals surface area contributed by atoms with Crippen LogP contribution in [0, 0.1) is 0 Å². The van der Waals surface area contributed by atoms with Crippen LogP contribution in [0.25, 0.3) is 0 Å². The molecular formula is C19H27NO10. The van der Waals surface area contributed by atoms with E-state index in [1.54, 1.807) is 0 Å². The van der Waals surface area contributed by atoms with Crippen LogP contribution in [0.15, 0.2) is 0 Å². The molecule has 0 aromatic heterocycles. The van der Waals surface area contributed by atoms with Crippen LogP contribution < -0.4 is 0 Å². The van der Waals surface area contributed by atoms with E-state index in [1.807, 2.05) is 0 Å². The average molecular weight is 429 g/mol. The smallest absolute Gasteiger partial charge is 0.303 e. The quantitative estimate of drug-likeness (QED) is 0.215. The van der Waals surface area contributed by atoms with Crippen molar-refractivity contribution < 1.29 is 47.7 Å². The van der Waals surface area contributed by atoms with Crippen molar-refractivity contribution in [3.8, 4) is 0 Å². The number of esters is 3. The summed E-state index contributed by atoms with van der Waals surface area (Å²) in [5.41, 5.74) is 0. The normalized spacial score (nSPS) is 26.4. The van der Waals surface area contributed by atoms with E-state index in [-0.39, 0.29) is 50.8 Å². The van der Waals surface area contributed by atoms with E-state index >= 15 is 0 Å². The predicted molar refractivity (Wildman–Crippen MR) is 97.5 cm³/mol. The molecule has 1 unspecified atom stereocenters. The van der Waals surface area contributed by atoms with Gasteiger partial charge in [-0.25, -0.2) is 0 Å².